The molecule has 14 heavy (non-hydrogen) atoms. The van der Waals surface area contributed by atoms with Crippen molar-refractivity contribution in [2.75, 3.05) is 0 Å². The van der Waals surface area contributed by atoms with Gasteiger partial charge in [-0.15, -0.1) is 0 Å². The molecule has 0 spiro atoms. The van der Waals surface area contributed by atoms with E-state index >= 15 is 0 Å². The third kappa shape index (κ3) is 0.863. The molecule has 1 aliphatic rings. The van der Waals surface area contributed by atoms with Crippen molar-refractivity contribution in [1.82, 2.24) is 9.13 Å². The van der Waals surface area contributed by atoms with Crippen LogP contribution in [0.5, 0.6) is 0 Å². The van der Waals surface area contributed by atoms with Crippen molar-refractivity contribution < 1.29 is 9.59 Å². The van der Waals surface area contributed by atoms with Crippen LogP contribution in [0, 0.1) is 0 Å². The Hall–Kier alpha value is -1.91. The normalized spacial score (nSPS) is 14.7. The summed E-state index contributed by atoms with van der Waals surface area (Å²) >= 11 is 0. The minimum absolute atomic E-state index is 0.171. The highest BCUT2D eigenvalue weighted by atomic mass is 16.2. The molecular formula is C9H8N2O3. The van der Waals surface area contributed by atoms with Crippen LogP contribution in [0.2, 0.25) is 0 Å². The standard InChI is InChI=1S/C9H8N2O3/c1-10-7-5(12)3-4-6(13)8(7)11(2)9(10)14/h3-4H,1-2H3. The molecule has 2 rings (SSSR count). The van der Waals surface area contributed by atoms with Crippen molar-refractivity contribution in [3.8, 4) is 0 Å². The van der Waals surface area contributed by atoms with E-state index in [-0.39, 0.29) is 28.6 Å². The van der Waals surface area contributed by atoms with Crippen LogP contribution in [0.25, 0.3) is 0 Å². The smallest absolute Gasteiger partial charge is 0.291 e. The molecule has 1 aromatic heterocycles. The van der Waals surface area contributed by atoms with Crippen LogP contribution in [0.15, 0.2) is 16.9 Å². The first-order valence-corrected chi connectivity index (χ1v) is 4.06. The van der Waals surface area contributed by atoms with Crippen LogP contribution < -0.4 is 5.69 Å². The molecule has 0 atom stereocenters. The quantitative estimate of drug-likeness (QED) is 0.565. The Balaban J connectivity index is 2.92. The van der Waals surface area contributed by atoms with E-state index in [2.05, 4.69) is 0 Å². The monoisotopic (exact) mass is 192 g/mol. The highest BCUT2D eigenvalue weighted by Crippen LogP contribution is 2.13. The third-order valence-corrected chi connectivity index (χ3v) is 2.32. The Morgan fingerprint density at radius 1 is 0.857 bits per heavy atom. The Labute approximate surface area is 79.3 Å². The number of carbonyl (C=O) groups excluding carboxylic acids is 2. The summed E-state index contributed by atoms with van der Waals surface area (Å²) in [5.41, 5.74) is -0.0181. The van der Waals surface area contributed by atoms with Crippen molar-refractivity contribution in [2.45, 2.75) is 0 Å². The summed E-state index contributed by atoms with van der Waals surface area (Å²) in [6, 6.07) is 0. The summed E-state index contributed by atoms with van der Waals surface area (Å²) in [5.74, 6) is -0.611. The number of carbonyl (C=O) groups is 2. The molecule has 5 heteroatoms. The molecule has 5 nitrogen and oxygen atoms in total. The van der Waals surface area contributed by atoms with Gasteiger partial charge < -0.3 is 0 Å². The maximum absolute atomic E-state index is 11.4. The fourth-order valence-corrected chi connectivity index (χ4v) is 1.61. The first-order valence-electron chi connectivity index (χ1n) is 4.06. The van der Waals surface area contributed by atoms with Gasteiger partial charge in [-0.3, -0.25) is 18.7 Å². The summed E-state index contributed by atoms with van der Waals surface area (Å²) in [5, 5.41) is 0. The van der Waals surface area contributed by atoms with E-state index in [0.717, 1.165) is 0 Å². The van der Waals surface area contributed by atoms with Crippen LogP contribution in [-0.4, -0.2) is 20.7 Å². The lowest BCUT2D eigenvalue weighted by Crippen LogP contribution is -2.21. The number of allylic oxidation sites excluding steroid dienone is 2. The van der Waals surface area contributed by atoms with Gasteiger partial charge in [0.2, 0.25) is 11.6 Å². The van der Waals surface area contributed by atoms with E-state index in [9.17, 15) is 14.4 Å². The lowest BCUT2D eigenvalue weighted by Gasteiger charge is -2.04. The van der Waals surface area contributed by atoms with Gasteiger partial charge in [0.1, 0.15) is 11.4 Å². The van der Waals surface area contributed by atoms with Gasteiger partial charge in [-0.05, 0) is 12.2 Å². The number of rotatable bonds is 0. The molecule has 0 aliphatic heterocycles. The first-order chi connectivity index (χ1) is 6.54. The number of hydrogen-bond donors (Lipinski definition) is 0. The maximum Gasteiger partial charge on any atom is 0.328 e. The average molecular weight is 192 g/mol. The van der Waals surface area contributed by atoms with Crippen molar-refractivity contribution in [2.24, 2.45) is 14.1 Å². The van der Waals surface area contributed by atoms with Gasteiger partial charge in [-0.1, -0.05) is 0 Å². The van der Waals surface area contributed by atoms with E-state index in [4.69, 9.17) is 0 Å². The van der Waals surface area contributed by atoms with E-state index in [1.807, 2.05) is 0 Å². The second kappa shape index (κ2) is 2.54. The van der Waals surface area contributed by atoms with Crippen molar-refractivity contribution in [3.63, 3.8) is 0 Å². The molecule has 0 unspecified atom stereocenters. The lowest BCUT2D eigenvalue weighted by molar-refractivity contribution is 0.0984. The highest BCUT2D eigenvalue weighted by Gasteiger charge is 2.27. The van der Waals surface area contributed by atoms with Crippen LogP contribution in [0.1, 0.15) is 21.0 Å². The van der Waals surface area contributed by atoms with Gasteiger partial charge in [-0.25, -0.2) is 4.79 Å². The molecule has 0 radical (unpaired) electrons. The third-order valence-electron chi connectivity index (χ3n) is 2.32. The molecule has 72 valence electrons. The van der Waals surface area contributed by atoms with E-state index in [1.165, 1.54) is 35.4 Å². The molecule has 1 aliphatic carbocycles. The number of hydrogen-bond acceptors (Lipinski definition) is 3. The average Bonchev–Trinajstić information content (AvgIpc) is 2.38. The predicted molar refractivity (Wildman–Crippen MR) is 48.5 cm³/mol. The summed E-state index contributed by atoms with van der Waals surface area (Å²) in [6.45, 7) is 0. The van der Waals surface area contributed by atoms with Crippen molar-refractivity contribution in [3.05, 3.63) is 34.0 Å². The van der Waals surface area contributed by atoms with E-state index < -0.39 is 0 Å². The van der Waals surface area contributed by atoms with Gasteiger partial charge in [0.05, 0.1) is 0 Å². The molecule has 1 heterocycles. The number of aromatic nitrogens is 2. The largest absolute Gasteiger partial charge is 0.328 e. The SMILES string of the molecule is Cn1c2c(n(C)c1=O)C(=O)C=CC2=O. The molecule has 1 aromatic rings. The highest BCUT2D eigenvalue weighted by molar-refractivity contribution is 6.20. The summed E-state index contributed by atoms with van der Waals surface area (Å²) in [7, 11) is 2.96. The zero-order chi connectivity index (χ0) is 10.5. The van der Waals surface area contributed by atoms with E-state index in [1.54, 1.807) is 0 Å². The Bertz CT molecular complexity index is 486. The van der Waals surface area contributed by atoms with Crippen molar-refractivity contribution >= 4 is 11.6 Å². The number of ketones is 2. The number of fused-ring (bicyclic) bond motifs is 1. The molecule has 0 saturated carbocycles. The fraction of sp³-hybridized carbons (Fsp3) is 0.222. The molecule has 0 fully saturated rings. The molecule has 0 amide bonds. The second-order valence-corrected chi connectivity index (χ2v) is 3.16. The topological polar surface area (TPSA) is 61.1 Å². The first kappa shape index (κ1) is 8.68. The van der Waals surface area contributed by atoms with Crippen LogP contribution in [-0.2, 0) is 14.1 Å². The van der Waals surface area contributed by atoms with Gasteiger partial charge in [0.25, 0.3) is 0 Å². The zero-order valence-electron chi connectivity index (χ0n) is 7.77. The Morgan fingerprint density at radius 3 is 1.57 bits per heavy atom. The van der Waals surface area contributed by atoms with Gasteiger partial charge in [0, 0.05) is 14.1 Å². The molecule has 0 aromatic carbocycles. The van der Waals surface area contributed by atoms with Gasteiger partial charge in [0.15, 0.2) is 0 Å². The lowest BCUT2D eigenvalue weighted by atomic mass is 10.1. The fourth-order valence-electron chi connectivity index (χ4n) is 1.61. The number of nitrogens with zero attached hydrogens (tertiary/aromatic N) is 2. The van der Waals surface area contributed by atoms with E-state index in [0.29, 0.717) is 0 Å². The zero-order valence-corrected chi connectivity index (χ0v) is 7.77. The summed E-state index contributed by atoms with van der Waals surface area (Å²) in [4.78, 5) is 34.3. The predicted octanol–water partition coefficient (Wildman–Crippen LogP) is -0.341. The maximum atomic E-state index is 11.4. The van der Waals surface area contributed by atoms with Crippen LogP contribution in [0.4, 0.5) is 0 Å². The minimum Gasteiger partial charge on any atom is -0.291 e. The molecule has 0 N–H and O–H groups in total. The number of imidazole rings is 1. The van der Waals surface area contributed by atoms with Gasteiger partial charge >= 0.3 is 5.69 Å². The summed E-state index contributed by atoms with van der Waals surface area (Å²) in [6.07, 6.45) is 2.37. The summed E-state index contributed by atoms with van der Waals surface area (Å²) < 4.78 is 2.39. The molecule has 0 saturated heterocycles. The Morgan fingerprint density at radius 2 is 1.21 bits per heavy atom. The van der Waals surface area contributed by atoms with Crippen LogP contribution in [0.3, 0.4) is 0 Å². The van der Waals surface area contributed by atoms with Gasteiger partial charge in [-0.2, -0.15) is 0 Å². The van der Waals surface area contributed by atoms with Crippen molar-refractivity contribution in [1.29, 1.82) is 0 Å². The molecule has 0 bridgehead atoms. The minimum atomic E-state index is -0.361. The molecular weight excluding hydrogens is 184 g/mol. The van der Waals surface area contributed by atoms with Crippen LogP contribution >= 0.6 is 0 Å². The Kier molecular flexibility index (Phi) is 1.57. The second-order valence-electron chi connectivity index (χ2n) is 3.16.